The van der Waals surface area contributed by atoms with Crippen LogP contribution in [0.3, 0.4) is 0 Å². The first-order valence-corrected chi connectivity index (χ1v) is 2.65. The van der Waals surface area contributed by atoms with E-state index in [0.717, 1.165) is 0 Å². The van der Waals surface area contributed by atoms with Gasteiger partial charge in [0.05, 0.1) is 0 Å². The van der Waals surface area contributed by atoms with Crippen molar-refractivity contribution in [3.05, 3.63) is 0 Å². The van der Waals surface area contributed by atoms with Crippen LogP contribution in [-0.4, -0.2) is 13.5 Å². The summed E-state index contributed by atoms with van der Waals surface area (Å²) in [6.45, 7) is 5.38. The summed E-state index contributed by atoms with van der Waals surface area (Å²) in [5, 5.41) is 0. The molecule has 0 saturated carbocycles. The van der Waals surface area contributed by atoms with Gasteiger partial charge in [-0.25, -0.2) is 4.39 Å². The van der Waals surface area contributed by atoms with Gasteiger partial charge in [-0.05, 0) is 0 Å². The summed E-state index contributed by atoms with van der Waals surface area (Å²) in [5.74, 6) is 0. The van der Waals surface area contributed by atoms with Gasteiger partial charge < -0.3 is 4.74 Å². The van der Waals surface area contributed by atoms with E-state index in [4.69, 9.17) is 0 Å². The summed E-state index contributed by atoms with van der Waals surface area (Å²) < 4.78 is 16.9. The van der Waals surface area contributed by atoms with Crippen LogP contribution in [0.5, 0.6) is 0 Å². The van der Waals surface area contributed by atoms with Gasteiger partial charge in [0.1, 0.15) is 0 Å². The second kappa shape index (κ2) is 2.44. The molecular formula is C6H13FO. The molecule has 0 rings (SSSR count). The molecule has 1 atom stereocenters. The molecule has 0 bridgehead atoms. The SMILES string of the molecule is COC(F)C(C)(C)C. The van der Waals surface area contributed by atoms with Crippen LogP contribution in [0.4, 0.5) is 4.39 Å². The first kappa shape index (κ1) is 7.89. The second-order valence-corrected chi connectivity index (χ2v) is 2.92. The van der Waals surface area contributed by atoms with Crippen LogP contribution in [0, 0.1) is 5.41 Å². The van der Waals surface area contributed by atoms with Crippen molar-refractivity contribution >= 4 is 0 Å². The maximum Gasteiger partial charge on any atom is 0.203 e. The predicted octanol–water partition coefficient (Wildman–Crippen LogP) is 1.97. The van der Waals surface area contributed by atoms with Gasteiger partial charge in [0, 0.05) is 12.5 Å². The first-order valence-electron chi connectivity index (χ1n) is 2.65. The second-order valence-electron chi connectivity index (χ2n) is 2.92. The Bertz CT molecular complexity index is 65.4. The van der Waals surface area contributed by atoms with Gasteiger partial charge in [-0.15, -0.1) is 0 Å². The Labute approximate surface area is 49.8 Å². The van der Waals surface area contributed by atoms with Crippen molar-refractivity contribution in [2.45, 2.75) is 27.1 Å². The lowest BCUT2D eigenvalue weighted by atomic mass is 9.97. The van der Waals surface area contributed by atoms with Crippen molar-refractivity contribution in [3.63, 3.8) is 0 Å². The largest absolute Gasteiger partial charge is 0.351 e. The van der Waals surface area contributed by atoms with Crippen molar-refractivity contribution in [1.82, 2.24) is 0 Å². The van der Waals surface area contributed by atoms with Crippen LogP contribution in [0.1, 0.15) is 20.8 Å². The highest BCUT2D eigenvalue weighted by atomic mass is 19.1. The summed E-state index contributed by atoms with van der Waals surface area (Å²) in [6, 6.07) is 0. The first-order chi connectivity index (χ1) is 3.48. The number of rotatable bonds is 1. The van der Waals surface area contributed by atoms with Crippen molar-refractivity contribution in [2.75, 3.05) is 7.11 Å². The van der Waals surface area contributed by atoms with Gasteiger partial charge in [-0.1, -0.05) is 20.8 Å². The number of ether oxygens (including phenoxy) is 1. The summed E-state index contributed by atoms with van der Waals surface area (Å²) in [5.41, 5.74) is -0.380. The van der Waals surface area contributed by atoms with E-state index in [0.29, 0.717) is 0 Å². The van der Waals surface area contributed by atoms with E-state index in [9.17, 15) is 4.39 Å². The molecular weight excluding hydrogens is 107 g/mol. The molecule has 0 aliphatic carbocycles. The number of hydrogen-bond acceptors (Lipinski definition) is 1. The van der Waals surface area contributed by atoms with Gasteiger partial charge in [-0.3, -0.25) is 0 Å². The average Bonchev–Trinajstić information content (AvgIpc) is 1.62. The van der Waals surface area contributed by atoms with E-state index in [1.165, 1.54) is 7.11 Å². The minimum atomic E-state index is -1.15. The lowest BCUT2D eigenvalue weighted by Gasteiger charge is -2.21. The number of halogens is 1. The minimum absolute atomic E-state index is 0.380. The minimum Gasteiger partial charge on any atom is -0.351 e. The van der Waals surface area contributed by atoms with Gasteiger partial charge in [0.2, 0.25) is 6.36 Å². The van der Waals surface area contributed by atoms with Crippen LogP contribution < -0.4 is 0 Å². The molecule has 0 heterocycles. The molecule has 0 aromatic heterocycles. The summed E-state index contributed by atoms with van der Waals surface area (Å²) in [6.07, 6.45) is -1.15. The molecule has 0 aliphatic rings. The van der Waals surface area contributed by atoms with Crippen molar-refractivity contribution < 1.29 is 9.13 Å². The molecule has 50 valence electrons. The van der Waals surface area contributed by atoms with Crippen LogP contribution in [-0.2, 0) is 4.74 Å². The molecule has 0 N–H and O–H groups in total. The Morgan fingerprint density at radius 2 is 1.75 bits per heavy atom. The number of hydrogen-bond donors (Lipinski definition) is 0. The Kier molecular flexibility index (Phi) is 2.41. The highest BCUT2D eigenvalue weighted by Crippen LogP contribution is 2.21. The van der Waals surface area contributed by atoms with E-state index in [1.54, 1.807) is 20.8 Å². The van der Waals surface area contributed by atoms with E-state index in [-0.39, 0.29) is 5.41 Å². The molecule has 0 fully saturated rings. The molecule has 0 aliphatic heterocycles. The molecule has 0 saturated heterocycles. The summed E-state index contributed by atoms with van der Waals surface area (Å²) in [4.78, 5) is 0. The molecule has 1 unspecified atom stereocenters. The molecule has 0 radical (unpaired) electrons. The van der Waals surface area contributed by atoms with Crippen LogP contribution in [0.25, 0.3) is 0 Å². The highest BCUT2D eigenvalue weighted by molar-refractivity contribution is 4.63. The van der Waals surface area contributed by atoms with Crippen LogP contribution >= 0.6 is 0 Å². The predicted molar refractivity (Wildman–Crippen MR) is 31.4 cm³/mol. The lowest BCUT2D eigenvalue weighted by molar-refractivity contribution is -0.0796. The van der Waals surface area contributed by atoms with Crippen LogP contribution in [0.2, 0.25) is 0 Å². The topological polar surface area (TPSA) is 9.23 Å². The summed E-state index contributed by atoms with van der Waals surface area (Å²) >= 11 is 0. The zero-order chi connectivity index (χ0) is 6.78. The smallest absolute Gasteiger partial charge is 0.203 e. The Hall–Kier alpha value is -0.110. The molecule has 0 spiro atoms. The van der Waals surface area contributed by atoms with E-state index < -0.39 is 6.36 Å². The Morgan fingerprint density at radius 1 is 1.38 bits per heavy atom. The molecule has 0 amide bonds. The molecule has 2 heteroatoms. The lowest BCUT2D eigenvalue weighted by Crippen LogP contribution is -2.22. The molecule has 1 nitrogen and oxygen atoms in total. The fourth-order valence-electron chi connectivity index (χ4n) is 0.354. The zero-order valence-corrected chi connectivity index (χ0v) is 5.86. The average molecular weight is 120 g/mol. The van der Waals surface area contributed by atoms with Crippen molar-refractivity contribution in [3.8, 4) is 0 Å². The monoisotopic (exact) mass is 120 g/mol. The zero-order valence-electron chi connectivity index (χ0n) is 5.86. The maximum atomic E-state index is 12.4. The normalized spacial score (nSPS) is 16.1. The highest BCUT2D eigenvalue weighted by Gasteiger charge is 2.22. The van der Waals surface area contributed by atoms with Gasteiger partial charge >= 0.3 is 0 Å². The van der Waals surface area contributed by atoms with Gasteiger partial charge in [0.25, 0.3) is 0 Å². The van der Waals surface area contributed by atoms with E-state index in [2.05, 4.69) is 4.74 Å². The Morgan fingerprint density at radius 3 is 1.75 bits per heavy atom. The van der Waals surface area contributed by atoms with Gasteiger partial charge in [0.15, 0.2) is 0 Å². The maximum absolute atomic E-state index is 12.4. The number of methoxy groups -OCH3 is 1. The third-order valence-electron chi connectivity index (χ3n) is 0.888. The third-order valence-corrected chi connectivity index (χ3v) is 0.888. The molecule has 0 aromatic carbocycles. The van der Waals surface area contributed by atoms with Crippen molar-refractivity contribution in [1.29, 1.82) is 0 Å². The van der Waals surface area contributed by atoms with Crippen molar-refractivity contribution in [2.24, 2.45) is 5.41 Å². The molecule has 0 aromatic rings. The third kappa shape index (κ3) is 2.26. The van der Waals surface area contributed by atoms with E-state index >= 15 is 0 Å². The summed E-state index contributed by atoms with van der Waals surface area (Å²) in [7, 11) is 1.37. The quantitative estimate of drug-likeness (QED) is 0.514. The van der Waals surface area contributed by atoms with E-state index in [1.807, 2.05) is 0 Å². The van der Waals surface area contributed by atoms with Gasteiger partial charge in [-0.2, -0.15) is 0 Å². The standard InChI is InChI=1S/C6H13FO/c1-6(2,3)5(7)8-4/h5H,1-4H3. The fourth-order valence-corrected chi connectivity index (χ4v) is 0.354. The van der Waals surface area contributed by atoms with Crippen LogP contribution in [0.15, 0.2) is 0 Å². The molecule has 8 heavy (non-hydrogen) atoms. The number of alkyl halides is 1. The fraction of sp³-hybridized carbons (Fsp3) is 1.00. The Balaban J connectivity index is 3.62.